The highest BCUT2D eigenvalue weighted by Gasteiger charge is 2.31. The number of hydrogen-bond donors (Lipinski definition) is 2. The zero-order valence-corrected chi connectivity index (χ0v) is 12.8. The first-order valence-electron chi connectivity index (χ1n) is 7.58. The van der Waals surface area contributed by atoms with Crippen molar-refractivity contribution in [1.29, 1.82) is 0 Å². The van der Waals surface area contributed by atoms with E-state index >= 15 is 0 Å². The van der Waals surface area contributed by atoms with Crippen molar-refractivity contribution < 1.29 is 23.8 Å². The molecule has 2 N–H and O–H groups in total. The van der Waals surface area contributed by atoms with E-state index in [0.29, 0.717) is 24.0 Å². The number of halogens is 1. The minimum absolute atomic E-state index is 0.0114. The van der Waals surface area contributed by atoms with Gasteiger partial charge in [0.25, 0.3) is 0 Å². The molecule has 2 aromatic carbocycles. The highest BCUT2D eigenvalue weighted by molar-refractivity contribution is 5.90. The summed E-state index contributed by atoms with van der Waals surface area (Å²) in [5.41, 5.74) is 1.54. The lowest BCUT2D eigenvalue weighted by molar-refractivity contribution is 0.0694. The van der Waals surface area contributed by atoms with Gasteiger partial charge in [0.2, 0.25) is 0 Å². The first-order chi connectivity index (χ1) is 11.6. The van der Waals surface area contributed by atoms with E-state index in [1.165, 1.54) is 6.07 Å². The molecule has 0 bridgehead atoms. The second kappa shape index (κ2) is 6.70. The van der Waals surface area contributed by atoms with Crippen LogP contribution in [0.25, 0.3) is 0 Å². The molecule has 1 atom stereocenters. The summed E-state index contributed by atoms with van der Waals surface area (Å²) < 4.78 is 19.0. The van der Waals surface area contributed by atoms with Gasteiger partial charge in [-0.25, -0.2) is 14.0 Å². The van der Waals surface area contributed by atoms with E-state index in [4.69, 9.17) is 4.74 Å². The van der Waals surface area contributed by atoms with Crippen molar-refractivity contribution in [2.45, 2.75) is 25.5 Å². The Morgan fingerprint density at radius 1 is 1.21 bits per heavy atom. The number of amides is 1. The van der Waals surface area contributed by atoms with Crippen LogP contribution >= 0.6 is 0 Å². The van der Waals surface area contributed by atoms with Crippen molar-refractivity contribution in [3.8, 4) is 0 Å². The maximum Gasteiger partial charge on any atom is 0.407 e. The van der Waals surface area contributed by atoms with Crippen molar-refractivity contribution in [3.05, 3.63) is 70.5 Å². The normalized spacial score (nSPS) is 15.6. The Bertz CT molecular complexity index is 776. The molecule has 0 unspecified atom stereocenters. The van der Waals surface area contributed by atoms with E-state index < -0.39 is 23.9 Å². The summed E-state index contributed by atoms with van der Waals surface area (Å²) in [6.45, 7) is 0.112. The number of carboxylic acids is 1. The number of fused-ring (bicyclic) bond motifs is 1. The summed E-state index contributed by atoms with van der Waals surface area (Å²) in [6, 6.07) is 11.0. The zero-order chi connectivity index (χ0) is 17.1. The van der Waals surface area contributed by atoms with Gasteiger partial charge in [0.15, 0.2) is 0 Å². The van der Waals surface area contributed by atoms with E-state index in [9.17, 15) is 19.1 Å². The average Bonchev–Trinajstić information content (AvgIpc) is 2.99. The predicted molar refractivity (Wildman–Crippen MR) is 84.2 cm³/mol. The van der Waals surface area contributed by atoms with Gasteiger partial charge in [-0.05, 0) is 41.7 Å². The van der Waals surface area contributed by atoms with E-state index in [1.807, 2.05) is 30.3 Å². The molecular weight excluding hydrogens is 313 g/mol. The zero-order valence-electron chi connectivity index (χ0n) is 12.8. The lowest BCUT2D eigenvalue weighted by Crippen LogP contribution is -2.28. The van der Waals surface area contributed by atoms with E-state index in [0.717, 1.165) is 11.6 Å². The molecule has 0 fully saturated rings. The fraction of sp³-hybridized carbons (Fsp3) is 0.222. The molecule has 0 saturated heterocycles. The van der Waals surface area contributed by atoms with Crippen LogP contribution < -0.4 is 5.32 Å². The van der Waals surface area contributed by atoms with Crippen LogP contribution in [0.4, 0.5) is 9.18 Å². The lowest BCUT2D eigenvalue weighted by atomic mass is 10.0. The van der Waals surface area contributed by atoms with Gasteiger partial charge in [-0.2, -0.15) is 0 Å². The van der Waals surface area contributed by atoms with E-state index in [1.54, 1.807) is 0 Å². The molecule has 0 aromatic heterocycles. The smallest absolute Gasteiger partial charge is 0.407 e. The largest absolute Gasteiger partial charge is 0.478 e. The van der Waals surface area contributed by atoms with Gasteiger partial charge in [0, 0.05) is 0 Å². The topological polar surface area (TPSA) is 75.6 Å². The average molecular weight is 329 g/mol. The Labute approximate surface area is 138 Å². The van der Waals surface area contributed by atoms with Crippen LogP contribution in [0.5, 0.6) is 0 Å². The number of carbonyl (C=O) groups is 2. The highest BCUT2D eigenvalue weighted by atomic mass is 19.1. The molecule has 0 spiro atoms. The Balaban J connectivity index is 1.71. The Morgan fingerprint density at radius 2 is 1.96 bits per heavy atom. The third kappa shape index (κ3) is 3.22. The molecule has 0 heterocycles. The third-order valence-electron chi connectivity index (χ3n) is 4.07. The number of ether oxygens (including phenoxy) is 1. The molecule has 2 aromatic rings. The van der Waals surface area contributed by atoms with Crippen LogP contribution in [0.15, 0.2) is 42.5 Å². The maximum absolute atomic E-state index is 13.9. The number of hydrogen-bond acceptors (Lipinski definition) is 3. The van der Waals surface area contributed by atoms with E-state index in [2.05, 4.69) is 5.32 Å². The number of alkyl carbamates (subject to hydrolysis) is 1. The van der Waals surface area contributed by atoms with Crippen LogP contribution in [0, 0.1) is 5.82 Å². The standard InChI is InChI=1S/C18H16FNO4/c19-14-8-6-13(17(21)22)16-12(14)7-9-15(16)20-18(23)24-10-11-4-2-1-3-5-11/h1-6,8,15H,7,9-10H2,(H,20,23)(H,21,22)/t15-/m1/s1. The first kappa shape index (κ1) is 16.0. The van der Waals surface area contributed by atoms with Gasteiger partial charge in [0.1, 0.15) is 12.4 Å². The molecular formula is C18H16FNO4. The molecule has 0 radical (unpaired) electrons. The number of carbonyl (C=O) groups excluding carboxylic acids is 1. The number of aromatic carboxylic acids is 1. The summed E-state index contributed by atoms with van der Waals surface area (Å²) in [6.07, 6.45) is 0.167. The summed E-state index contributed by atoms with van der Waals surface area (Å²) in [7, 11) is 0. The van der Waals surface area contributed by atoms with Crippen molar-refractivity contribution in [2.75, 3.05) is 0 Å². The fourth-order valence-electron chi connectivity index (χ4n) is 2.96. The van der Waals surface area contributed by atoms with Crippen LogP contribution in [0.3, 0.4) is 0 Å². The molecule has 5 nitrogen and oxygen atoms in total. The molecule has 1 amide bonds. The van der Waals surface area contributed by atoms with Crippen LogP contribution in [0.1, 0.15) is 39.5 Å². The Kier molecular flexibility index (Phi) is 4.46. The van der Waals surface area contributed by atoms with Gasteiger partial charge < -0.3 is 15.2 Å². The summed E-state index contributed by atoms with van der Waals surface area (Å²) in [5, 5.41) is 11.9. The van der Waals surface area contributed by atoms with Gasteiger partial charge >= 0.3 is 12.1 Å². The minimum atomic E-state index is -1.14. The predicted octanol–water partition coefficient (Wildman–Crippen LogP) is 3.44. The van der Waals surface area contributed by atoms with Gasteiger partial charge in [-0.15, -0.1) is 0 Å². The van der Waals surface area contributed by atoms with Gasteiger partial charge in [-0.1, -0.05) is 30.3 Å². The molecule has 1 aliphatic carbocycles. The summed E-state index contributed by atoms with van der Waals surface area (Å²) in [5.74, 6) is -1.59. The van der Waals surface area contributed by atoms with Gasteiger partial charge in [-0.3, -0.25) is 0 Å². The molecule has 1 aliphatic rings. The molecule has 0 aliphatic heterocycles. The van der Waals surface area contributed by atoms with Crippen molar-refractivity contribution in [1.82, 2.24) is 5.32 Å². The van der Waals surface area contributed by atoms with E-state index in [-0.39, 0.29) is 12.2 Å². The Hall–Kier alpha value is -2.89. The molecule has 24 heavy (non-hydrogen) atoms. The van der Waals surface area contributed by atoms with Crippen molar-refractivity contribution >= 4 is 12.1 Å². The Morgan fingerprint density at radius 3 is 2.67 bits per heavy atom. The van der Waals surface area contributed by atoms with Crippen molar-refractivity contribution in [2.24, 2.45) is 0 Å². The van der Waals surface area contributed by atoms with Gasteiger partial charge in [0.05, 0.1) is 11.6 Å². The van der Waals surface area contributed by atoms with Crippen LogP contribution in [0.2, 0.25) is 0 Å². The highest BCUT2D eigenvalue weighted by Crippen LogP contribution is 2.35. The second-order valence-electron chi connectivity index (χ2n) is 5.59. The SMILES string of the molecule is O=C(N[C@@H]1CCc2c(F)ccc(C(=O)O)c21)OCc1ccccc1. The number of nitrogens with one attached hydrogen (secondary N) is 1. The third-order valence-corrected chi connectivity index (χ3v) is 4.07. The maximum atomic E-state index is 13.9. The monoisotopic (exact) mass is 329 g/mol. The quantitative estimate of drug-likeness (QED) is 0.901. The number of carboxylic acid groups (broad SMARTS) is 1. The number of benzene rings is 2. The minimum Gasteiger partial charge on any atom is -0.478 e. The first-order valence-corrected chi connectivity index (χ1v) is 7.58. The number of rotatable bonds is 4. The summed E-state index contributed by atoms with van der Waals surface area (Å²) >= 11 is 0. The summed E-state index contributed by atoms with van der Waals surface area (Å²) in [4.78, 5) is 23.3. The molecule has 3 rings (SSSR count). The van der Waals surface area contributed by atoms with Crippen molar-refractivity contribution in [3.63, 3.8) is 0 Å². The second-order valence-corrected chi connectivity index (χ2v) is 5.59. The molecule has 124 valence electrons. The lowest BCUT2D eigenvalue weighted by Gasteiger charge is -2.16. The molecule has 6 heteroatoms. The fourth-order valence-corrected chi connectivity index (χ4v) is 2.96. The van der Waals surface area contributed by atoms with Crippen LogP contribution in [-0.2, 0) is 17.8 Å². The molecule has 0 saturated carbocycles. The van der Waals surface area contributed by atoms with Crippen LogP contribution in [-0.4, -0.2) is 17.2 Å².